The molecule has 0 aromatic heterocycles. The smallest absolute Gasteiger partial charge is 0.251 e. The third kappa shape index (κ3) is 3.63. The summed E-state index contributed by atoms with van der Waals surface area (Å²) in [6, 6.07) is 4.51. The van der Waals surface area contributed by atoms with Gasteiger partial charge in [0, 0.05) is 18.2 Å². The summed E-state index contributed by atoms with van der Waals surface area (Å²) in [7, 11) is 1.46. The minimum atomic E-state index is -0.239. The van der Waals surface area contributed by atoms with Gasteiger partial charge in [-0.15, -0.1) is 0 Å². The number of nitrogens with two attached hydrogens (primary N) is 1. The summed E-state index contributed by atoms with van der Waals surface area (Å²) in [5.41, 5.74) is 5.97. The van der Waals surface area contributed by atoms with Crippen LogP contribution in [-0.2, 0) is 0 Å². The van der Waals surface area contributed by atoms with Crippen molar-refractivity contribution in [2.24, 2.45) is 5.73 Å². The van der Waals surface area contributed by atoms with Crippen molar-refractivity contribution in [1.82, 2.24) is 5.32 Å². The molecule has 5 heteroatoms. The van der Waals surface area contributed by atoms with Crippen LogP contribution < -0.4 is 15.8 Å². The Balaban J connectivity index is 2.74. The Morgan fingerprint density at radius 1 is 1.56 bits per heavy atom. The zero-order chi connectivity index (χ0) is 13.5. The predicted molar refractivity (Wildman–Crippen MR) is 69.9 cm³/mol. The summed E-state index contributed by atoms with van der Waals surface area (Å²) in [4.78, 5) is 11.9. The number of rotatable bonds is 6. The van der Waals surface area contributed by atoms with E-state index in [1.54, 1.807) is 12.1 Å². The molecule has 0 heterocycles. The second kappa shape index (κ2) is 6.86. The second-order valence-corrected chi connectivity index (χ2v) is 4.08. The van der Waals surface area contributed by atoms with E-state index in [0.717, 1.165) is 12.8 Å². The molecular weight excluding hydrogens is 232 g/mol. The van der Waals surface area contributed by atoms with Gasteiger partial charge in [0.15, 0.2) is 11.5 Å². The molecule has 1 aromatic rings. The summed E-state index contributed by atoms with van der Waals surface area (Å²) in [6.45, 7) is 2.44. The zero-order valence-corrected chi connectivity index (χ0v) is 10.8. The van der Waals surface area contributed by atoms with Crippen LogP contribution in [0.1, 0.15) is 30.1 Å². The highest BCUT2D eigenvalue weighted by molar-refractivity contribution is 5.95. The second-order valence-electron chi connectivity index (χ2n) is 4.08. The fourth-order valence-corrected chi connectivity index (χ4v) is 1.70. The van der Waals surface area contributed by atoms with E-state index in [4.69, 9.17) is 10.5 Å². The van der Waals surface area contributed by atoms with Crippen LogP contribution in [0.5, 0.6) is 11.5 Å². The monoisotopic (exact) mass is 252 g/mol. The average molecular weight is 252 g/mol. The molecule has 0 aliphatic heterocycles. The molecular formula is C13H20N2O3. The minimum Gasteiger partial charge on any atom is -0.504 e. The van der Waals surface area contributed by atoms with Crippen LogP contribution in [0.4, 0.5) is 0 Å². The molecule has 0 saturated carbocycles. The van der Waals surface area contributed by atoms with Crippen molar-refractivity contribution in [3.8, 4) is 11.5 Å². The van der Waals surface area contributed by atoms with Gasteiger partial charge in [-0.25, -0.2) is 0 Å². The number of ether oxygens (including phenoxy) is 1. The van der Waals surface area contributed by atoms with Crippen LogP contribution in [0.3, 0.4) is 0 Å². The van der Waals surface area contributed by atoms with Gasteiger partial charge in [-0.05, 0) is 24.6 Å². The van der Waals surface area contributed by atoms with Gasteiger partial charge < -0.3 is 20.9 Å². The molecule has 18 heavy (non-hydrogen) atoms. The molecule has 0 radical (unpaired) electrons. The maximum atomic E-state index is 11.9. The van der Waals surface area contributed by atoms with Crippen molar-refractivity contribution in [3.63, 3.8) is 0 Å². The largest absolute Gasteiger partial charge is 0.504 e. The summed E-state index contributed by atoms with van der Waals surface area (Å²) < 4.78 is 4.92. The summed E-state index contributed by atoms with van der Waals surface area (Å²) in [5, 5.41) is 12.4. The van der Waals surface area contributed by atoms with Gasteiger partial charge in [-0.1, -0.05) is 13.3 Å². The first-order chi connectivity index (χ1) is 8.62. The Kier molecular flexibility index (Phi) is 5.45. The fourth-order valence-electron chi connectivity index (χ4n) is 1.70. The maximum absolute atomic E-state index is 11.9. The zero-order valence-electron chi connectivity index (χ0n) is 10.8. The van der Waals surface area contributed by atoms with E-state index in [1.165, 1.54) is 13.2 Å². The maximum Gasteiger partial charge on any atom is 0.251 e. The number of hydrogen-bond donors (Lipinski definition) is 3. The number of phenolic OH excluding ortho intramolecular Hbond substituents is 1. The Morgan fingerprint density at radius 3 is 2.78 bits per heavy atom. The SMILES string of the molecule is CCCC(CN)NC(=O)c1ccc(OC)c(O)c1. The molecule has 0 spiro atoms. The highest BCUT2D eigenvalue weighted by Crippen LogP contribution is 2.26. The number of hydrogen-bond acceptors (Lipinski definition) is 4. The molecule has 0 fully saturated rings. The molecule has 0 saturated heterocycles. The molecule has 5 nitrogen and oxygen atoms in total. The molecule has 0 aliphatic rings. The van der Waals surface area contributed by atoms with Gasteiger partial charge in [0.25, 0.3) is 5.91 Å². The Morgan fingerprint density at radius 2 is 2.28 bits per heavy atom. The predicted octanol–water partition coefficient (Wildman–Crippen LogP) is 1.26. The number of benzene rings is 1. The first-order valence-corrected chi connectivity index (χ1v) is 6.00. The Bertz CT molecular complexity index is 407. The van der Waals surface area contributed by atoms with Crippen molar-refractivity contribution in [2.45, 2.75) is 25.8 Å². The molecule has 1 rings (SSSR count). The number of amides is 1. The topological polar surface area (TPSA) is 84.6 Å². The lowest BCUT2D eigenvalue weighted by Gasteiger charge is -2.16. The average Bonchev–Trinajstić information content (AvgIpc) is 2.37. The van der Waals surface area contributed by atoms with Crippen molar-refractivity contribution in [3.05, 3.63) is 23.8 Å². The Hall–Kier alpha value is -1.75. The van der Waals surface area contributed by atoms with Gasteiger partial charge in [-0.2, -0.15) is 0 Å². The molecule has 0 aliphatic carbocycles. The van der Waals surface area contributed by atoms with Gasteiger partial charge in [0.2, 0.25) is 0 Å². The van der Waals surface area contributed by atoms with E-state index >= 15 is 0 Å². The van der Waals surface area contributed by atoms with Gasteiger partial charge >= 0.3 is 0 Å². The van der Waals surface area contributed by atoms with Crippen LogP contribution in [0.2, 0.25) is 0 Å². The first-order valence-electron chi connectivity index (χ1n) is 6.00. The van der Waals surface area contributed by atoms with E-state index < -0.39 is 0 Å². The standard InChI is InChI=1S/C13H20N2O3/c1-3-4-10(8-14)15-13(17)9-5-6-12(18-2)11(16)7-9/h5-7,10,16H,3-4,8,14H2,1-2H3,(H,15,17). The number of aromatic hydroxyl groups is 1. The lowest BCUT2D eigenvalue weighted by molar-refractivity contribution is 0.0935. The molecule has 1 unspecified atom stereocenters. The normalized spacial score (nSPS) is 11.9. The lowest BCUT2D eigenvalue weighted by atomic mass is 10.1. The van der Waals surface area contributed by atoms with E-state index in [-0.39, 0.29) is 17.7 Å². The highest BCUT2D eigenvalue weighted by atomic mass is 16.5. The van der Waals surface area contributed by atoms with E-state index in [2.05, 4.69) is 5.32 Å². The lowest BCUT2D eigenvalue weighted by Crippen LogP contribution is -2.40. The molecule has 4 N–H and O–H groups in total. The highest BCUT2D eigenvalue weighted by Gasteiger charge is 2.13. The molecule has 1 amide bonds. The number of nitrogens with one attached hydrogen (secondary N) is 1. The fraction of sp³-hybridized carbons (Fsp3) is 0.462. The summed E-state index contributed by atoms with van der Waals surface area (Å²) in [6.07, 6.45) is 1.79. The number of carbonyl (C=O) groups is 1. The number of carbonyl (C=O) groups excluding carboxylic acids is 1. The van der Waals surface area contributed by atoms with Crippen molar-refractivity contribution >= 4 is 5.91 Å². The van der Waals surface area contributed by atoms with Crippen LogP contribution in [0.15, 0.2) is 18.2 Å². The summed E-state index contributed by atoms with van der Waals surface area (Å²) >= 11 is 0. The minimum absolute atomic E-state index is 0.0354. The van der Waals surface area contributed by atoms with Crippen molar-refractivity contribution < 1.29 is 14.6 Å². The van der Waals surface area contributed by atoms with E-state index in [0.29, 0.717) is 17.9 Å². The third-order valence-corrected chi connectivity index (χ3v) is 2.70. The molecule has 1 aromatic carbocycles. The van der Waals surface area contributed by atoms with Crippen molar-refractivity contribution in [1.29, 1.82) is 0 Å². The third-order valence-electron chi connectivity index (χ3n) is 2.70. The first kappa shape index (κ1) is 14.3. The summed E-state index contributed by atoms with van der Waals surface area (Å²) in [5.74, 6) is 0.0530. The van der Waals surface area contributed by atoms with Gasteiger partial charge in [0.1, 0.15) is 0 Å². The molecule has 1 atom stereocenters. The van der Waals surface area contributed by atoms with Crippen LogP contribution in [0, 0.1) is 0 Å². The van der Waals surface area contributed by atoms with Gasteiger partial charge in [0.05, 0.1) is 7.11 Å². The number of phenols is 1. The van der Waals surface area contributed by atoms with Crippen LogP contribution in [0.25, 0.3) is 0 Å². The quantitative estimate of drug-likeness (QED) is 0.711. The van der Waals surface area contributed by atoms with Crippen LogP contribution in [-0.4, -0.2) is 30.7 Å². The number of methoxy groups -OCH3 is 1. The Labute approximate surface area is 107 Å². The van der Waals surface area contributed by atoms with Crippen LogP contribution >= 0.6 is 0 Å². The van der Waals surface area contributed by atoms with Crippen molar-refractivity contribution in [2.75, 3.05) is 13.7 Å². The van der Waals surface area contributed by atoms with E-state index in [1.807, 2.05) is 6.92 Å². The van der Waals surface area contributed by atoms with Gasteiger partial charge in [-0.3, -0.25) is 4.79 Å². The molecule has 0 bridgehead atoms. The molecule has 100 valence electrons. The van der Waals surface area contributed by atoms with E-state index in [9.17, 15) is 9.90 Å².